The molecule has 0 spiro atoms. The standard InChI is InChI=1S/C32H13F5N4/c33-27-28(34)30(36)32(31(37)29(27)35)41-22-8-4-2-6-19(22)26-24(41)12-11-23-25(26)18-5-1-3-7-21(18)40(23)20-10-9-16(14-38)13-17(20)15-39/h1-13H. The molecule has 4 nitrogen and oxygen atoms in total. The Labute approximate surface area is 227 Å². The van der Waals surface area contributed by atoms with Crippen molar-refractivity contribution in [1.82, 2.24) is 9.13 Å². The molecule has 0 bridgehead atoms. The summed E-state index contributed by atoms with van der Waals surface area (Å²) in [4.78, 5) is 0. The van der Waals surface area contributed by atoms with Gasteiger partial charge < -0.3 is 9.13 Å². The van der Waals surface area contributed by atoms with Crippen LogP contribution >= 0.6 is 0 Å². The van der Waals surface area contributed by atoms with Crippen molar-refractivity contribution in [2.24, 2.45) is 0 Å². The highest BCUT2D eigenvalue weighted by Gasteiger charge is 2.30. The zero-order valence-corrected chi connectivity index (χ0v) is 20.7. The van der Waals surface area contributed by atoms with Crippen LogP contribution in [0.5, 0.6) is 0 Å². The van der Waals surface area contributed by atoms with Gasteiger partial charge in [-0.3, -0.25) is 0 Å². The molecule has 0 aliphatic carbocycles. The Morgan fingerprint density at radius 1 is 0.512 bits per heavy atom. The predicted molar refractivity (Wildman–Crippen MR) is 144 cm³/mol. The summed E-state index contributed by atoms with van der Waals surface area (Å²) in [5, 5.41) is 21.7. The highest BCUT2D eigenvalue weighted by Crippen LogP contribution is 2.43. The molecule has 0 saturated heterocycles. The molecule has 0 aliphatic heterocycles. The third-order valence-corrected chi connectivity index (χ3v) is 7.37. The molecule has 9 heteroatoms. The molecule has 7 rings (SSSR count). The van der Waals surface area contributed by atoms with Crippen molar-refractivity contribution < 1.29 is 22.0 Å². The molecule has 0 aliphatic rings. The van der Waals surface area contributed by atoms with Crippen LogP contribution in [-0.2, 0) is 0 Å². The lowest BCUT2D eigenvalue weighted by molar-refractivity contribution is 0.376. The minimum Gasteiger partial charge on any atom is -0.308 e. The summed E-state index contributed by atoms with van der Waals surface area (Å²) < 4.78 is 75.9. The number of rotatable bonds is 2. The average Bonchev–Trinajstić information content (AvgIpc) is 3.52. The Morgan fingerprint density at radius 2 is 1.02 bits per heavy atom. The summed E-state index contributed by atoms with van der Waals surface area (Å²) in [5.74, 6) is -10.2. The number of fused-ring (bicyclic) bond motifs is 7. The lowest BCUT2D eigenvalue weighted by Crippen LogP contribution is -2.09. The molecule has 5 aromatic carbocycles. The quantitative estimate of drug-likeness (QED) is 0.124. The number of nitriles is 2. The second-order valence-electron chi connectivity index (χ2n) is 9.43. The van der Waals surface area contributed by atoms with E-state index in [0.29, 0.717) is 38.4 Å². The third kappa shape index (κ3) is 3.17. The summed E-state index contributed by atoms with van der Waals surface area (Å²) in [6.45, 7) is 0. The van der Waals surface area contributed by atoms with E-state index in [-0.39, 0.29) is 16.6 Å². The van der Waals surface area contributed by atoms with Crippen molar-refractivity contribution in [2.45, 2.75) is 0 Å². The first-order chi connectivity index (χ1) is 19.9. The van der Waals surface area contributed by atoms with Gasteiger partial charge in [0.2, 0.25) is 5.82 Å². The van der Waals surface area contributed by atoms with Crippen molar-refractivity contribution >= 4 is 43.6 Å². The van der Waals surface area contributed by atoms with E-state index in [1.54, 1.807) is 48.5 Å². The van der Waals surface area contributed by atoms with E-state index < -0.39 is 34.8 Å². The predicted octanol–water partition coefficient (Wildman–Crippen LogP) is 8.32. The van der Waals surface area contributed by atoms with Crippen LogP contribution in [0.2, 0.25) is 0 Å². The van der Waals surface area contributed by atoms with E-state index in [0.717, 1.165) is 9.95 Å². The first kappa shape index (κ1) is 24.4. The molecule has 0 atom stereocenters. The smallest absolute Gasteiger partial charge is 0.200 e. The van der Waals surface area contributed by atoms with E-state index in [9.17, 15) is 23.7 Å². The fourth-order valence-corrected chi connectivity index (χ4v) is 5.70. The number of halogens is 5. The molecule has 0 N–H and O–H groups in total. The summed E-state index contributed by atoms with van der Waals surface area (Å²) in [6, 6.07) is 26.1. The molecule has 0 unspecified atom stereocenters. The van der Waals surface area contributed by atoms with Crippen molar-refractivity contribution in [3.05, 3.63) is 119 Å². The number of hydrogen-bond donors (Lipinski definition) is 0. The zero-order valence-electron chi connectivity index (χ0n) is 20.7. The van der Waals surface area contributed by atoms with Gasteiger partial charge in [0.25, 0.3) is 0 Å². The van der Waals surface area contributed by atoms with Gasteiger partial charge in [-0.2, -0.15) is 10.5 Å². The lowest BCUT2D eigenvalue weighted by Gasteiger charge is -2.13. The number of para-hydroxylation sites is 2. The molecule has 196 valence electrons. The van der Waals surface area contributed by atoms with E-state index in [1.807, 2.05) is 34.9 Å². The fourth-order valence-electron chi connectivity index (χ4n) is 5.70. The van der Waals surface area contributed by atoms with Crippen molar-refractivity contribution in [3.8, 4) is 23.5 Å². The van der Waals surface area contributed by atoms with Crippen molar-refractivity contribution in [2.75, 3.05) is 0 Å². The minimum absolute atomic E-state index is 0.227. The number of aromatic nitrogens is 2. The summed E-state index contributed by atoms with van der Waals surface area (Å²) in [7, 11) is 0. The van der Waals surface area contributed by atoms with Gasteiger partial charge in [0, 0.05) is 21.5 Å². The van der Waals surface area contributed by atoms with E-state index in [4.69, 9.17) is 0 Å². The monoisotopic (exact) mass is 548 g/mol. The van der Waals surface area contributed by atoms with Gasteiger partial charge >= 0.3 is 0 Å². The molecular formula is C32H13F5N4. The van der Waals surface area contributed by atoms with Gasteiger partial charge in [0.1, 0.15) is 11.8 Å². The third-order valence-electron chi connectivity index (χ3n) is 7.37. The van der Waals surface area contributed by atoms with Crippen molar-refractivity contribution in [3.63, 3.8) is 0 Å². The Kier molecular flexibility index (Phi) is 5.15. The highest BCUT2D eigenvalue weighted by atomic mass is 19.2. The SMILES string of the molecule is N#Cc1ccc(-n2c3ccccc3c3c4c5ccccc5n(-c5c(F)c(F)c(F)c(F)c5F)c4ccc32)c(C#N)c1. The molecule has 2 aromatic heterocycles. The Hall–Kier alpha value is -5.67. The molecule has 7 aromatic rings. The van der Waals surface area contributed by atoms with Gasteiger partial charge in [-0.25, -0.2) is 22.0 Å². The topological polar surface area (TPSA) is 57.4 Å². The maximum Gasteiger partial charge on any atom is 0.200 e. The number of benzene rings is 5. The van der Waals surface area contributed by atoms with Gasteiger partial charge in [0.05, 0.1) is 45.0 Å². The average molecular weight is 548 g/mol. The minimum atomic E-state index is -2.23. The van der Waals surface area contributed by atoms with Crippen LogP contribution in [0.25, 0.3) is 55.0 Å². The summed E-state index contributed by atoms with van der Waals surface area (Å²) >= 11 is 0. The second-order valence-corrected chi connectivity index (χ2v) is 9.43. The van der Waals surface area contributed by atoms with E-state index >= 15 is 8.78 Å². The van der Waals surface area contributed by atoms with E-state index in [1.165, 1.54) is 6.07 Å². The molecule has 0 amide bonds. The summed E-state index contributed by atoms with van der Waals surface area (Å²) in [6.07, 6.45) is 0. The van der Waals surface area contributed by atoms with Gasteiger partial charge in [0.15, 0.2) is 23.3 Å². The molecule has 2 heterocycles. The van der Waals surface area contributed by atoms with Crippen LogP contribution in [0.3, 0.4) is 0 Å². The maximum absolute atomic E-state index is 15.2. The first-order valence-corrected chi connectivity index (χ1v) is 12.3. The fraction of sp³-hybridized carbons (Fsp3) is 0. The Morgan fingerprint density at radius 3 is 1.59 bits per heavy atom. The molecule has 0 fully saturated rings. The van der Waals surface area contributed by atoms with Crippen LogP contribution in [0.1, 0.15) is 11.1 Å². The lowest BCUT2D eigenvalue weighted by atomic mass is 10.1. The second kappa shape index (κ2) is 8.67. The van der Waals surface area contributed by atoms with Crippen molar-refractivity contribution in [1.29, 1.82) is 10.5 Å². The largest absolute Gasteiger partial charge is 0.308 e. The van der Waals surface area contributed by atoms with Crippen LogP contribution in [0.15, 0.2) is 78.9 Å². The number of hydrogen-bond acceptors (Lipinski definition) is 2. The molecule has 0 saturated carbocycles. The zero-order chi connectivity index (χ0) is 28.6. The Bertz CT molecular complexity index is 2320. The normalized spacial score (nSPS) is 11.5. The van der Waals surface area contributed by atoms with Gasteiger partial charge in [-0.15, -0.1) is 0 Å². The van der Waals surface area contributed by atoms with Crippen LogP contribution in [-0.4, -0.2) is 9.13 Å². The Balaban J connectivity index is 1.71. The first-order valence-electron chi connectivity index (χ1n) is 12.3. The van der Waals surface area contributed by atoms with E-state index in [2.05, 4.69) is 6.07 Å². The van der Waals surface area contributed by atoms with Gasteiger partial charge in [-0.05, 0) is 42.5 Å². The molecular weight excluding hydrogens is 535 g/mol. The molecule has 41 heavy (non-hydrogen) atoms. The maximum atomic E-state index is 15.2. The highest BCUT2D eigenvalue weighted by molar-refractivity contribution is 6.28. The van der Waals surface area contributed by atoms with Crippen LogP contribution in [0.4, 0.5) is 22.0 Å². The van der Waals surface area contributed by atoms with Gasteiger partial charge in [-0.1, -0.05) is 36.4 Å². The number of nitrogens with zero attached hydrogens (tertiary/aromatic N) is 4. The van der Waals surface area contributed by atoms with Crippen LogP contribution < -0.4 is 0 Å². The summed E-state index contributed by atoms with van der Waals surface area (Å²) in [5.41, 5.74) is 1.84. The molecule has 0 radical (unpaired) electrons. The van der Waals surface area contributed by atoms with Crippen LogP contribution in [0, 0.1) is 51.7 Å².